The average Bonchev–Trinajstić information content (AvgIpc) is 1.88. The fourth-order valence-electron chi connectivity index (χ4n) is 1.52. The van der Waals surface area contributed by atoms with Crippen LogP contribution in [-0.2, 0) is 4.79 Å². The van der Waals surface area contributed by atoms with Crippen molar-refractivity contribution in [2.45, 2.75) is 31.7 Å². The Morgan fingerprint density at radius 2 is 1.80 bits per heavy atom. The Kier molecular flexibility index (Phi) is 2.44. The van der Waals surface area contributed by atoms with Crippen molar-refractivity contribution in [3.05, 3.63) is 0 Å². The first kappa shape index (κ1) is 7.73. The lowest BCUT2D eigenvalue weighted by molar-refractivity contribution is -0.886. The molecule has 0 bridgehead atoms. The molecule has 10 heavy (non-hydrogen) atoms. The van der Waals surface area contributed by atoms with E-state index < -0.39 is 0 Å². The van der Waals surface area contributed by atoms with Crippen LogP contribution in [0.3, 0.4) is 0 Å². The number of carbonyl (C=O) groups excluding carboxylic acids is 1. The van der Waals surface area contributed by atoms with Crippen molar-refractivity contribution in [2.24, 2.45) is 0 Å². The Morgan fingerprint density at radius 1 is 1.30 bits per heavy atom. The van der Waals surface area contributed by atoms with Crippen LogP contribution in [0.1, 0.15) is 25.7 Å². The third-order valence-corrected chi connectivity index (χ3v) is 2.36. The van der Waals surface area contributed by atoms with Gasteiger partial charge in [-0.05, 0) is 0 Å². The van der Waals surface area contributed by atoms with Gasteiger partial charge in [-0.15, -0.1) is 0 Å². The third kappa shape index (κ3) is 1.81. The number of ketones is 1. The Balaban J connectivity index is 2.33. The number of quaternary nitrogens is 1. The number of hydrogen-bond acceptors (Lipinski definition) is 1. The van der Waals surface area contributed by atoms with Gasteiger partial charge in [0.25, 0.3) is 0 Å². The van der Waals surface area contributed by atoms with Gasteiger partial charge in [0, 0.05) is 25.7 Å². The largest absolute Gasteiger partial charge is 0.337 e. The summed E-state index contributed by atoms with van der Waals surface area (Å²) in [5, 5.41) is 0. The molecule has 0 saturated heterocycles. The average molecular weight is 142 g/mol. The molecule has 0 heterocycles. The highest BCUT2D eigenvalue weighted by molar-refractivity contribution is 5.79. The van der Waals surface area contributed by atoms with E-state index in [4.69, 9.17) is 0 Å². The summed E-state index contributed by atoms with van der Waals surface area (Å²) in [4.78, 5) is 12.3. The van der Waals surface area contributed by atoms with Crippen molar-refractivity contribution in [1.82, 2.24) is 0 Å². The van der Waals surface area contributed by atoms with Gasteiger partial charge in [-0.2, -0.15) is 0 Å². The molecule has 0 aromatic heterocycles. The summed E-state index contributed by atoms with van der Waals surface area (Å²) in [6.45, 7) is 0. The standard InChI is InChI=1S/C8H15NO/c1-9(2)7-3-5-8(10)6-4-7/h7H,3-6H2,1-2H3/p+1. The molecular formula is C8H16NO+. The maximum atomic E-state index is 10.8. The van der Waals surface area contributed by atoms with Crippen LogP contribution in [0.2, 0.25) is 0 Å². The molecule has 0 aromatic carbocycles. The Hall–Kier alpha value is -0.370. The summed E-state index contributed by atoms with van der Waals surface area (Å²) >= 11 is 0. The number of Topliss-reactive ketones (excluding diaryl/α,β-unsaturated/α-hetero) is 1. The van der Waals surface area contributed by atoms with Gasteiger partial charge in [0.1, 0.15) is 5.78 Å². The Labute approximate surface area is 62.2 Å². The summed E-state index contributed by atoms with van der Waals surface area (Å²) in [7, 11) is 4.33. The van der Waals surface area contributed by atoms with Gasteiger partial charge in [0.05, 0.1) is 20.1 Å². The second-order valence-corrected chi connectivity index (χ2v) is 3.39. The van der Waals surface area contributed by atoms with Crippen LogP contribution in [0, 0.1) is 0 Å². The van der Waals surface area contributed by atoms with Gasteiger partial charge in [-0.1, -0.05) is 0 Å². The molecule has 0 radical (unpaired) electrons. The van der Waals surface area contributed by atoms with Crippen molar-refractivity contribution < 1.29 is 9.69 Å². The summed E-state index contributed by atoms with van der Waals surface area (Å²) in [6.07, 6.45) is 3.83. The van der Waals surface area contributed by atoms with Crippen molar-refractivity contribution in [2.75, 3.05) is 14.1 Å². The van der Waals surface area contributed by atoms with Gasteiger partial charge in [0.15, 0.2) is 0 Å². The minimum atomic E-state index is 0.456. The van der Waals surface area contributed by atoms with Gasteiger partial charge in [-0.25, -0.2) is 0 Å². The predicted molar refractivity (Wildman–Crippen MR) is 40.1 cm³/mol. The third-order valence-electron chi connectivity index (χ3n) is 2.36. The first-order chi connectivity index (χ1) is 4.70. The highest BCUT2D eigenvalue weighted by Gasteiger charge is 2.22. The van der Waals surface area contributed by atoms with Crippen LogP contribution in [0.4, 0.5) is 0 Å². The number of hydrogen-bond donors (Lipinski definition) is 1. The smallest absolute Gasteiger partial charge is 0.133 e. The number of rotatable bonds is 1. The predicted octanol–water partition coefficient (Wildman–Crippen LogP) is -0.357. The number of nitrogens with one attached hydrogen (secondary N) is 1. The van der Waals surface area contributed by atoms with Crippen LogP contribution in [-0.4, -0.2) is 25.9 Å². The van der Waals surface area contributed by atoms with E-state index in [-0.39, 0.29) is 0 Å². The maximum Gasteiger partial charge on any atom is 0.133 e. The molecule has 1 fully saturated rings. The quantitative estimate of drug-likeness (QED) is 0.530. The van der Waals surface area contributed by atoms with E-state index in [0.29, 0.717) is 5.78 Å². The summed E-state index contributed by atoms with van der Waals surface area (Å²) < 4.78 is 0. The van der Waals surface area contributed by atoms with E-state index in [1.54, 1.807) is 0 Å². The zero-order valence-corrected chi connectivity index (χ0v) is 6.81. The molecule has 2 heteroatoms. The minimum absolute atomic E-state index is 0.456. The van der Waals surface area contributed by atoms with Crippen molar-refractivity contribution in [3.8, 4) is 0 Å². The van der Waals surface area contributed by atoms with Crippen LogP contribution in [0.5, 0.6) is 0 Å². The lowest BCUT2D eigenvalue weighted by atomic mass is 9.94. The van der Waals surface area contributed by atoms with Crippen molar-refractivity contribution >= 4 is 5.78 Å². The molecule has 0 amide bonds. The molecule has 1 aliphatic rings. The highest BCUT2D eigenvalue weighted by Crippen LogP contribution is 2.11. The molecule has 1 N–H and O–H groups in total. The molecule has 0 spiro atoms. The van der Waals surface area contributed by atoms with E-state index in [9.17, 15) is 4.79 Å². The van der Waals surface area contributed by atoms with Gasteiger partial charge >= 0.3 is 0 Å². The zero-order chi connectivity index (χ0) is 7.56. The monoisotopic (exact) mass is 142 g/mol. The molecule has 58 valence electrons. The van der Waals surface area contributed by atoms with E-state index in [1.807, 2.05) is 0 Å². The second-order valence-electron chi connectivity index (χ2n) is 3.39. The van der Waals surface area contributed by atoms with E-state index in [2.05, 4.69) is 14.1 Å². The Bertz CT molecular complexity index is 121. The topological polar surface area (TPSA) is 21.5 Å². The molecule has 0 aromatic rings. The number of carbonyl (C=O) groups is 1. The second kappa shape index (κ2) is 3.15. The first-order valence-electron chi connectivity index (χ1n) is 4.02. The summed E-state index contributed by atoms with van der Waals surface area (Å²) in [6, 6.07) is 0.734. The molecule has 1 aliphatic carbocycles. The van der Waals surface area contributed by atoms with Crippen LogP contribution < -0.4 is 4.90 Å². The van der Waals surface area contributed by atoms with Crippen LogP contribution in [0.15, 0.2) is 0 Å². The van der Waals surface area contributed by atoms with Crippen LogP contribution >= 0.6 is 0 Å². The molecular weight excluding hydrogens is 126 g/mol. The summed E-state index contributed by atoms with van der Waals surface area (Å²) in [5.41, 5.74) is 0. The fraction of sp³-hybridized carbons (Fsp3) is 0.875. The lowest BCUT2D eigenvalue weighted by Gasteiger charge is -2.24. The van der Waals surface area contributed by atoms with Gasteiger partial charge in [-0.3, -0.25) is 4.79 Å². The zero-order valence-electron chi connectivity index (χ0n) is 6.81. The molecule has 1 saturated carbocycles. The van der Waals surface area contributed by atoms with E-state index >= 15 is 0 Å². The van der Waals surface area contributed by atoms with Gasteiger partial charge in [0.2, 0.25) is 0 Å². The molecule has 0 atom stereocenters. The Morgan fingerprint density at radius 3 is 2.20 bits per heavy atom. The van der Waals surface area contributed by atoms with Crippen LogP contribution in [0.25, 0.3) is 0 Å². The molecule has 2 nitrogen and oxygen atoms in total. The minimum Gasteiger partial charge on any atom is -0.337 e. The highest BCUT2D eigenvalue weighted by atomic mass is 16.1. The van der Waals surface area contributed by atoms with E-state index in [0.717, 1.165) is 31.7 Å². The summed E-state index contributed by atoms with van der Waals surface area (Å²) in [5.74, 6) is 0.456. The maximum absolute atomic E-state index is 10.8. The molecule has 1 rings (SSSR count). The lowest BCUT2D eigenvalue weighted by Crippen LogP contribution is -3.10. The molecule has 0 aliphatic heterocycles. The van der Waals surface area contributed by atoms with Gasteiger partial charge < -0.3 is 4.90 Å². The van der Waals surface area contributed by atoms with Crippen molar-refractivity contribution in [1.29, 1.82) is 0 Å². The first-order valence-corrected chi connectivity index (χ1v) is 4.02. The van der Waals surface area contributed by atoms with E-state index in [1.165, 1.54) is 4.90 Å². The SMILES string of the molecule is C[NH+](C)C1CCC(=O)CC1. The molecule has 0 unspecified atom stereocenters. The fourth-order valence-corrected chi connectivity index (χ4v) is 1.52. The van der Waals surface area contributed by atoms with Crippen molar-refractivity contribution in [3.63, 3.8) is 0 Å². The normalized spacial score (nSPS) is 22.1.